The number of nitriles is 1. The van der Waals surface area contributed by atoms with Crippen LogP contribution in [0.1, 0.15) is 40.1 Å². The number of unbranched alkanes of at least 4 members (excludes halogenated alkanes) is 1. The minimum atomic E-state index is -4.80. The molecule has 0 atom stereocenters. The third kappa shape index (κ3) is 9.97. The normalized spacial score (nSPS) is 11.0. The molecule has 0 aliphatic rings. The molecule has 0 saturated carbocycles. The van der Waals surface area contributed by atoms with Gasteiger partial charge in [-0.25, -0.2) is 4.98 Å². The van der Waals surface area contributed by atoms with Gasteiger partial charge in [-0.15, -0.1) is 23.4 Å². The lowest BCUT2D eigenvalue weighted by Crippen LogP contribution is -2.18. The standard InChI is InChI=1S/C29H25F3N6O3S/c30-29(31,32)41-23-9-4-7-21(14-23)16-25(39)35-24-12-11-19(18-34-24)5-1-2-10-27-37-38-28(42-27)36-26(40)15-20-6-3-8-22(13-20)17-33/h3-4,6-9,11-14,18H,1-2,5,10,15-16H2,(H,34,35,39)(H,36,38,40). The third-order valence-electron chi connectivity index (χ3n) is 5.83. The summed E-state index contributed by atoms with van der Waals surface area (Å²) in [5.74, 6) is -0.693. The van der Waals surface area contributed by atoms with Crippen molar-refractivity contribution in [2.75, 3.05) is 10.6 Å². The number of hydrogen-bond acceptors (Lipinski definition) is 8. The number of aryl methyl sites for hydroxylation is 2. The summed E-state index contributed by atoms with van der Waals surface area (Å²) in [4.78, 5) is 28.9. The zero-order chi connectivity index (χ0) is 30.0. The van der Waals surface area contributed by atoms with Crippen LogP contribution in [0.2, 0.25) is 0 Å². The number of hydrogen-bond donors (Lipinski definition) is 2. The summed E-state index contributed by atoms with van der Waals surface area (Å²) in [6.07, 6.45) is 0.0347. The summed E-state index contributed by atoms with van der Waals surface area (Å²) in [7, 11) is 0. The number of alkyl halides is 3. The lowest BCUT2D eigenvalue weighted by molar-refractivity contribution is -0.274. The Morgan fingerprint density at radius 1 is 0.881 bits per heavy atom. The van der Waals surface area contributed by atoms with Crippen LogP contribution in [0.25, 0.3) is 0 Å². The lowest BCUT2D eigenvalue weighted by atomic mass is 10.1. The van der Waals surface area contributed by atoms with Crippen LogP contribution in [0.5, 0.6) is 5.75 Å². The van der Waals surface area contributed by atoms with Crippen LogP contribution >= 0.6 is 11.3 Å². The van der Waals surface area contributed by atoms with E-state index in [0.717, 1.165) is 35.4 Å². The first kappa shape index (κ1) is 30.1. The highest BCUT2D eigenvalue weighted by Crippen LogP contribution is 2.24. The number of carbonyl (C=O) groups is 2. The van der Waals surface area contributed by atoms with Gasteiger partial charge in [0.05, 0.1) is 24.5 Å². The fraction of sp³-hybridized carbons (Fsp3) is 0.241. The molecule has 4 rings (SSSR count). The van der Waals surface area contributed by atoms with Crippen molar-refractivity contribution in [2.45, 2.75) is 44.9 Å². The summed E-state index contributed by atoms with van der Waals surface area (Å²) < 4.78 is 41.1. The molecular formula is C29H25F3N6O3S. The van der Waals surface area contributed by atoms with Crippen LogP contribution in [0.4, 0.5) is 24.1 Å². The van der Waals surface area contributed by atoms with Crippen molar-refractivity contribution in [3.8, 4) is 11.8 Å². The van der Waals surface area contributed by atoms with Gasteiger partial charge in [0, 0.05) is 12.6 Å². The maximum atomic E-state index is 12.4. The number of nitrogens with one attached hydrogen (secondary N) is 2. The summed E-state index contributed by atoms with van der Waals surface area (Å²) in [5, 5.41) is 23.8. The lowest BCUT2D eigenvalue weighted by Gasteiger charge is -2.10. The predicted octanol–water partition coefficient (Wildman–Crippen LogP) is 5.63. The number of ether oxygens (including phenoxy) is 1. The first-order valence-corrected chi connectivity index (χ1v) is 13.7. The van der Waals surface area contributed by atoms with Gasteiger partial charge in [0.25, 0.3) is 0 Å². The number of halogens is 3. The SMILES string of the molecule is N#Cc1cccc(CC(=O)Nc2nnc(CCCCc3ccc(NC(=O)Cc4cccc(OC(F)(F)F)c4)nc3)s2)c1. The van der Waals surface area contributed by atoms with Crippen LogP contribution in [0, 0.1) is 11.3 Å². The molecule has 2 N–H and O–H groups in total. The maximum absolute atomic E-state index is 12.4. The topological polar surface area (TPSA) is 130 Å². The molecule has 0 aliphatic carbocycles. The average Bonchev–Trinajstić information content (AvgIpc) is 3.38. The molecule has 0 unspecified atom stereocenters. The van der Waals surface area contributed by atoms with Crippen molar-refractivity contribution >= 4 is 34.1 Å². The van der Waals surface area contributed by atoms with Crippen LogP contribution in [0.3, 0.4) is 0 Å². The molecule has 2 amide bonds. The number of anilines is 2. The van der Waals surface area contributed by atoms with Gasteiger partial charge in [0.15, 0.2) is 0 Å². The molecule has 0 radical (unpaired) electrons. The first-order chi connectivity index (χ1) is 20.1. The summed E-state index contributed by atoms with van der Waals surface area (Å²) in [5.41, 5.74) is 2.59. The Hall–Kier alpha value is -4.83. The smallest absolute Gasteiger partial charge is 0.406 e. The molecular weight excluding hydrogens is 569 g/mol. The van der Waals surface area contributed by atoms with E-state index in [9.17, 15) is 22.8 Å². The van der Waals surface area contributed by atoms with Gasteiger partial charge in [-0.05, 0) is 66.3 Å². The number of amides is 2. The predicted molar refractivity (Wildman–Crippen MR) is 150 cm³/mol. The van der Waals surface area contributed by atoms with E-state index in [0.29, 0.717) is 28.5 Å². The van der Waals surface area contributed by atoms with Crippen molar-refractivity contribution in [2.24, 2.45) is 0 Å². The number of carbonyl (C=O) groups excluding carboxylic acids is 2. The van der Waals surface area contributed by atoms with E-state index in [1.807, 2.05) is 6.07 Å². The molecule has 2 heterocycles. The Labute approximate surface area is 243 Å². The zero-order valence-corrected chi connectivity index (χ0v) is 23.0. The number of benzene rings is 2. The van der Waals surface area contributed by atoms with Crippen LogP contribution in [-0.2, 0) is 35.3 Å². The van der Waals surface area contributed by atoms with Crippen molar-refractivity contribution < 1.29 is 27.5 Å². The van der Waals surface area contributed by atoms with Crippen molar-refractivity contribution in [1.29, 1.82) is 5.26 Å². The Morgan fingerprint density at radius 2 is 1.60 bits per heavy atom. The van der Waals surface area contributed by atoms with E-state index in [2.05, 4.69) is 36.6 Å². The van der Waals surface area contributed by atoms with E-state index >= 15 is 0 Å². The molecule has 0 fully saturated rings. The highest BCUT2D eigenvalue weighted by atomic mass is 32.1. The molecule has 4 aromatic rings. The Kier molecular flexibility index (Phi) is 10.2. The molecule has 9 nitrogen and oxygen atoms in total. The van der Waals surface area contributed by atoms with E-state index < -0.39 is 12.3 Å². The minimum Gasteiger partial charge on any atom is -0.406 e. The molecule has 0 bridgehead atoms. The molecule has 2 aromatic carbocycles. The Bertz CT molecular complexity index is 1570. The maximum Gasteiger partial charge on any atom is 0.573 e. The molecule has 0 spiro atoms. The van der Waals surface area contributed by atoms with Crippen LogP contribution in [-0.4, -0.2) is 33.4 Å². The highest BCUT2D eigenvalue weighted by Gasteiger charge is 2.31. The summed E-state index contributed by atoms with van der Waals surface area (Å²) in [6, 6.07) is 17.7. The molecule has 13 heteroatoms. The number of nitrogens with zero attached hydrogens (tertiary/aromatic N) is 4. The van der Waals surface area contributed by atoms with Gasteiger partial charge in [-0.3, -0.25) is 9.59 Å². The monoisotopic (exact) mass is 594 g/mol. The van der Waals surface area contributed by atoms with Gasteiger partial charge in [0.1, 0.15) is 16.6 Å². The first-order valence-electron chi connectivity index (χ1n) is 12.9. The Morgan fingerprint density at radius 3 is 2.31 bits per heavy atom. The minimum absolute atomic E-state index is 0.133. The number of aromatic nitrogens is 3. The van der Waals surface area contributed by atoms with Gasteiger partial charge in [-0.2, -0.15) is 5.26 Å². The largest absolute Gasteiger partial charge is 0.573 e. The Balaban J connectivity index is 1.16. The van der Waals surface area contributed by atoms with Gasteiger partial charge in [0.2, 0.25) is 16.9 Å². The van der Waals surface area contributed by atoms with Crippen molar-refractivity contribution in [3.05, 3.63) is 94.1 Å². The fourth-order valence-corrected chi connectivity index (χ4v) is 4.78. The highest BCUT2D eigenvalue weighted by molar-refractivity contribution is 7.15. The van der Waals surface area contributed by atoms with Gasteiger partial charge < -0.3 is 15.4 Å². The quantitative estimate of drug-likeness (QED) is 0.203. The van der Waals surface area contributed by atoms with Crippen molar-refractivity contribution in [1.82, 2.24) is 15.2 Å². The van der Waals surface area contributed by atoms with Crippen LogP contribution < -0.4 is 15.4 Å². The molecule has 42 heavy (non-hydrogen) atoms. The zero-order valence-electron chi connectivity index (χ0n) is 22.1. The number of rotatable bonds is 12. The second-order valence-corrected chi connectivity index (χ2v) is 10.3. The van der Waals surface area contributed by atoms with Gasteiger partial charge in [-0.1, -0.05) is 41.7 Å². The van der Waals surface area contributed by atoms with Gasteiger partial charge >= 0.3 is 6.36 Å². The molecule has 0 saturated heterocycles. The second-order valence-electron chi connectivity index (χ2n) is 9.22. The molecule has 2 aromatic heterocycles. The van der Waals surface area contributed by atoms with E-state index in [1.54, 1.807) is 36.5 Å². The van der Waals surface area contributed by atoms with Crippen molar-refractivity contribution in [3.63, 3.8) is 0 Å². The average molecular weight is 595 g/mol. The van der Waals surface area contributed by atoms with E-state index in [-0.39, 0.29) is 24.5 Å². The number of pyridine rings is 1. The third-order valence-corrected chi connectivity index (χ3v) is 6.73. The fourth-order valence-electron chi connectivity index (χ4n) is 3.98. The molecule has 216 valence electrons. The molecule has 0 aliphatic heterocycles. The van der Waals surface area contributed by atoms with Crippen LogP contribution in [0.15, 0.2) is 66.9 Å². The summed E-state index contributed by atoms with van der Waals surface area (Å²) in [6.45, 7) is 0. The summed E-state index contributed by atoms with van der Waals surface area (Å²) >= 11 is 1.32. The van der Waals surface area contributed by atoms with E-state index in [4.69, 9.17) is 5.26 Å². The second kappa shape index (κ2) is 14.2. The van der Waals surface area contributed by atoms with E-state index in [1.165, 1.54) is 35.6 Å².